The molecule has 0 spiro atoms. The van der Waals surface area contributed by atoms with Crippen LogP contribution in [0.25, 0.3) is 0 Å². The minimum absolute atomic E-state index is 0.00713. The van der Waals surface area contributed by atoms with Crippen LogP contribution in [0.3, 0.4) is 0 Å². The molecule has 2 heterocycles. The summed E-state index contributed by atoms with van der Waals surface area (Å²) in [6.45, 7) is 3.77. The highest BCUT2D eigenvalue weighted by atomic mass is 16.7. The van der Waals surface area contributed by atoms with Gasteiger partial charge in [0.25, 0.3) is 5.91 Å². The lowest BCUT2D eigenvalue weighted by Gasteiger charge is -2.29. The van der Waals surface area contributed by atoms with Crippen LogP contribution < -0.4 is 29.2 Å². The summed E-state index contributed by atoms with van der Waals surface area (Å²) < 4.78 is 22.4. The lowest BCUT2D eigenvalue weighted by molar-refractivity contribution is -0.897. The number of benzene rings is 2. The average molecular weight is 385 g/mol. The first kappa shape index (κ1) is 18.4. The summed E-state index contributed by atoms with van der Waals surface area (Å²) in [5.74, 6) is 2.98. The van der Waals surface area contributed by atoms with E-state index in [1.807, 2.05) is 56.4 Å². The standard InChI is InChI=1S/C21H24N2O5/c1-14(21(24)22-10-15-7-8-18-20(9-15)27-13-26-18)23(2)11-16-12-25-17-5-3-4-6-19(17)28-16/h3-9,14,16H,10-13H2,1-2H3,(H,22,24)/p+1/t14-,16-/m1/s1. The summed E-state index contributed by atoms with van der Waals surface area (Å²) in [4.78, 5) is 13.6. The second-order valence-electron chi connectivity index (χ2n) is 7.18. The van der Waals surface area contributed by atoms with Crippen molar-refractivity contribution in [2.45, 2.75) is 25.6 Å². The molecule has 28 heavy (non-hydrogen) atoms. The van der Waals surface area contributed by atoms with E-state index in [4.69, 9.17) is 18.9 Å². The van der Waals surface area contributed by atoms with Gasteiger partial charge in [-0.05, 0) is 36.8 Å². The molecule has 0 aromatic heterocycles. The Morgan fingerprint density at radius 3 is 2.71 bits per heavy atom. The summed E-state index contributed by atoms with van der Waals surface area (Å²) in [5, 5.41) is 3.00. The number of hydrogen-bond acceptors (Lipinski definition) is 5. The quantitative estimate of drug-likeness (QED) is 0.769. The normalized spacial score (nSPS) is 19.0. The van der Waals surface area contributed by atoms with Crippen LogP contribution in [0.2, 0.25) is 0 Å². The smallest absolute Gasteiger partial charge is 0.278 e. The van der Waals surface area contributed by atoms with Crippen molar-refractivity contribution in [3.63, 3.8) is 0 Å². The van der Waals surface area contributed by atoms with Crippen LogP contribution in [0.5, 0.6) is 23.0 Å². The maximum Gasteiger partial charge on any atom is 0.278 e. The highest BCUT2D eigenvalue weighted by Gasteiger charge is 2.28. The number of nitrogens with one attached hydrogen (secondary N) is 2. The monoisotopic (exact) mass is 385 g/mol. The molecule has 2 aliphatic heterocycles. The summed E-state index contributed by atoms with van der Waals surface area (Å²) in [6, 6.07) is 13.1. The summed E-state index contributed by atoms with van der Waals surface area (Å²) in [7, 11) is 1.99. The second kappa shape index (κ2) is 7.98. The SMILES string of the molecule is C[C@H](C(=O)NCc1ccc2c(c1)OCO2)[NH+](C)C[C@@H]1COc2ccccc2O1. The van der Waals surface area contributed by atoms with Gasteiger partial charge in [0.2, 0.25) is 6.79 Å². The lowest BCUT2D eigenvalue weighted by atomic mass is 10.2. The number of carbonyl (C=O) groups excluding carboxylic acids is 1. The Balaban J connectivity index is 1.27. The van der Waals surface area contributed by atoms with Crippen LogP contribution in [0.15, 0.2) is 42.5 Å². The highest BCUT2D eigenvalue weighted by molar-refractivity contribution is 5.79. The Morgan fingerprint density at radius 2 is 1.86 bits per heavy atom. The number of ether oxygens (including phenoxy) is 4. The van der Waals surface area contributed by atoms with E-state index in [2.05, 4.69) is 5.32 Å². The minimum Gasteiger partial charge on any atom is -0.486 e. The zero-order valence-electron chi connectivity index (χ0n) is 16.1. The Kier molecular flexibility index (Phi) is 5.25. The number of para-hydroxylation sites is 2. The molecule has 148 valence electrons. The van der Waals surface area contributed by atoms with Crippen LogP contribution in [0.4, 0.5) is 0 Å². The molecular weight excluding hydrogens is 360 g/mol. The first-order valence-electron chi connectivity index (χ1n) is 9.47. The molecule has 0 aliphatic carbocycles. The van der Waals surface area contributed by atoms with Crippen molar-refractivity contribution in [1.29, 1.82) is 0 Å². The lowest BCUT2D eigenvalue weighted by Crippen LogP contribution is -3.15. The van der Waals surface area contributed by atoms with E-state index in [0.29, 0.717) is 19.7 Å². The molecule has 1 unspecified atom stereocenters. The zero-order chi connectivity index (χ0) is 19.5. The third-order valence-electron chi connectivity index (χ3n) is 5.15. The highest BCUT2D eigenvalue weighted by Crippen LogP contribution is 2.32. The molecule has 2 N–H and O–H groups in total. The fourth-order valence-corrected chi connectivity index (χ4v) is 3.32. The maximum atomic E-state index is 12.6. The van der Waals surface area contributed by atoms with Crippen LogP contribution in [-0.4, -0.2) is 45.0 Å². The number of rotatable bonds is 6. The van der Waals surface area contributed by atoms with Gasteiger partial charge >= 0.3 is 0 Å². The Hall–Kier alpha value is -2.93. The number of carbonyl (C=O) groups is 1. The molecule has 7 nitrogen and oxygen atoms in total. The molecule has 7 heteroatoms. The molecule has 0 fully saturated rings. The predicted molar refractivity (Wildman–Crippen MR) is 102 cm³/mol. The van der Waals surface area contributed by atoms with E-state index in [9.17, 15) is 4.79 Å². The van der Waals surface area contributed by atoms with Crippen molar-refractivity contribution in [2.75, 3.05) is 27.0 Å². The fraction of sp³-hybridized carbons (Fsp3) is 0.381. The van der Waals surface area contributed by atoms with Crippen LogP contribution >= 0.6 is 0 Å². The summed E-state index contributed by atoms with van der Waals surface area (Å²) >= 11 is 0. The van der Waals surface area contributed by atoms with Crippen molar-refractivity contribution in [2.24, 2.45) is 0 Å². The second-order valence-corrected chi connectivity index (χ2v) is 7.18. The van der Waals surface area contributed by atoms with Gasteiger partial charge in [-0.25, -0.2) is 0 Å². The largest absolute Gasteiger partial charge is 0.486 e. The molecule has 0 saturated carbocycles. The molecule has 3 atom stereocenters. The van der Waals surface area contributed by atoms with Crippen molar-refractivity contribution in [3.8, 4) is 23.0 Å². The number of fused-ring (bicyclic) bond motifs is 2. The predicted octanol–water partition coefficient (Wildman–Crippen LogP) is 0.775. The third kappa shape index (κ3) is 3.99. The molecule has 2 aliphatic rings. The van der Waals surface area contributed by atoms with Gasteiger partial charge in [0.15, 0.2) is 35.1 Å². The van der Waals surface area contributed by atoms with Gasteiger partial charge in [-0.3, -0.25) is 4.79 Å². The van der Waals surface area contributed by atoms with E-state index >= 15 is 0 Å². The number of amides is 1. The molecule has 1 amide bonds. The molecule has 2 aromatic carbocycles. The third-order valence-corrected chi connectivity index (χ3v) is 5.15. The van der Waals surface area contributed by atoms with Gasteiger partial charge < -0.3 is 29.2 Å². The van der Waals surface area contributed by atoms with E-state index in [0.717, 1.165) is 33.5 Å². The van der Waals surface area contributed by atoms with Gasteiger partial charge in [0.05, 0.1) is 7.05 Å². The van der Waals surface area contributed by atoms with E-state index in [1.54, 1.807) is 0 Å². The molecular formula is C21H25N2O5+. The van der Waals surface area contributed by atoms with E-state index in [1.165, 1.54) is 0 Å². The first-order chi connectivity index (χ1) is 13.6. The van der Waals surface area contributed by atoms with Crippen LogP contribution in [0, 0.1) is 0 Å². The Bertz CT molecular complexity index is 856. The fourth-order valence-electron chi connectivity index (χ4n) is 3.32. The van der Waals surface area contributed by atoms with Gasteiger partial charge in [0, 0.05) is 6.54 Å². The van der Waals surface area contributed by atoms with Crippen molar-refractivity contribution < 1.29 is 28.6 Å². The Morgan fingerprint density at radius 1 is 1.11 bits per heavy atom. The zero-order valence-corrected chi connectivity index (χ0v) is 16.1. The minimum atomic E-state index is -0.213. The molecule has 2 aromatic rings. The van der Waals surface area contributed by atoms with Crippen molar-refractivity contribution in [1.82, 2.24) is 5.32 Å². The Labute approximate surface area is 164 Å². The van der Waals surface area contributed by atoms with Gasteiger partial charge in [0.1, 0.15) is 13.2 Å². The maximum absolute atomic E-state index is 12.6. The van der Waals surface area contributed by atoms with Gasteiger partial charge in [-0.2, -0.15) is 0 Å². The van der Waals surface area contributed by atoms with E-state index < -0.39 is 0 Å². The molecule has 0 radical (unpaired) electrons. The number of likely N-dealkylation sites (N-methyl/N-ethyl adjacent to an activating group) is 1. The number of quaternary nitrogens is 1. The van der Waals surface area contributed by atoms with Crippen molar-refractivity contribution >= 4 is 5.91 Å². The molecule has 0 saturated heterocycles. The van der Waals surface area contributed by atoms with Crippen molar-refractivity contribution in [3.05, 3.63) is 48.0 Å². The molecule has 4 rings (SSSR count). The first-order valence-corrected chi connectivity index (χ1v) is 9.47. The summed E-state index contributed by atoms with van der Waals surface area (Å²) in [5.41, 5.74) is 0.975. The van der Waals surface area contributed by atoms with Crippen LogP contribution in [0.1, 0.15) is 12.5 Å². The summed E-state index contributed by atoms with van der Waals surface area (Å²) in [6.07, 6.45) is -0.0843. The van der Waals surface area contributed by atoms with E-state index in [-0.39, 0.29) is 24.8 Å². The van der Waals surface area contributed by atoms with Gasteiger partial charge in [-0.1, -0.05) is 18.2 Å². The number of hydrogen-bond donors (Lipinski definition) is 2. The molecule has 0 bridgehead atoms. The van der Waals surface area contributed by atoms with Crippen LogP contribution in [-0.2, 0) is 11.3 Å². The topological polar surface area (TPSA) is 70.5 Å². The average Bonchev–Trinajstić information content (AvgIpc) is 3.19. The van der Waals surface area contributed by atoms with Gasteiger partial charge in [-0.15, -0.1) is 0 Å².